The summed E-state index contributed by atoms with van der Waals surface area (Å²) in [4.78, 5) is 0.845. The monoisotopic (exact) mass is 286 g/mol. The van der Waals surface area contributed by atoms with Crippen molar-refractivity contribution in [1.29, 1.82) is 0 Å². The molecule has 0 unspecified atom stereocenters. The summed E-state index contributed by atoms with van der Waals surface area (Å²) in [6.45, 7) is 0.0133. The predicted octanol–water partition coefficient (Wildman–Crippen LogP) is 0.178. The van der Waals surface area contributed by atoms with E-state index < -0.39 is 10.2 Å². The lowest BCUT2D eigenvalue weighted by atomic mass is 10.2. The number of thiophene rings is 1. The van der Waals surface area contributed by atoms with Gasteiger partial charge in [0, 0.05) is 23.0 Å². The van der Waals surface area contributed by atoms with Gasteiger partial charge in [0.2, 0.25) is 0 Å². The first-order valence-corrected chi connectivity index (χ1v) is 7.90. The summed E-state index contributed by atoms with van der Waals surface area (Å²) < 4.78 is 28.3. The molecule has 0 bridgehead atoms. The second-order valence-electron chi connectivity index (χ2n) is 3.93. The second-order valence-corrected chi connectivity index (χ2v) is 6.47. The standard InChI is InChI=1S/C11H14N2O3S2/c14-6-1-2-9-5-7-17-11(9)8-12-18(15,16)13-10-3-4-10/h5,7,10,12-14H,3-4,6,8H2. The molecule has 18 heavy (non-hydrogen) atoms. The Hall–Kier alpha value is -0.910. The van der Waals surface area contributed by atoms with Crippen LogP contribution >= 0.6 is 11.3 Å². The van der Waals surface area contributed by atoms with E-state index in [-0.39, 0.29) is 19.2 Å². The molecule has 1 aromatic rings. The highest BCUT2D eigenvalue weighted by molar-refractivity contribution is 7.87. The summed E-state index contributed by atoms with van der Waals surface area (Å²) in [5.74, 6) is 5.34. The van der Waals surface area contributed by atoms with Crippen LogP contribution in [0.1, 0.15) is 23.3 Å². The maximum absolute atomic E-state index is 11.6. The van der Waals surface area contributed by atoms with Crippen LogP contribution in [-0.2, 0) is 16.8 Å². The van der Waals surface area contributed by atoms with Crippen molar-refractivity contribution in [2.24, 2.45) is 0 Å². The summed E-state index contributed by atoms with van der Waals surface area (Å²) in [7, 11) is -3.42. The molecular weight excluding hydrogens is 272 g/mol. The number of hydrogen-bond donors (Lipinski definition) is 3. The van der Waals surface area contributed by atoms with E-state index in [4.69, 9.17) is 5.11 Å². The zero-order chi connectivity index (χ0) is 13.0. The van der Waals surface area contributed by atoms with Gasteiger partial charge in [0.05, 0.1) is 0 Å². The van der Waals surface area contributed by atoms with Gasteiger partial charge in [0.25, 0.3) is 10.2 Å². The molecule has 1 heterocycles. The molecule has 0 aromatic carbocycles. The van der Waals surface area contributed by atoms with Crippen LogP contribution < -0.4 is 9.44 Å². The van der Waals surface area contributed by atoms with Crippen LogP contribution in [0.15, 0.2) is 11.4 Å². The summed E-state index contributed by atoms with van der Waals surface area (Å²) in [5, 5.41) is 10.5. The van der Waals surface area contributed by atoms with Gasteiger partial charge >= 0.3 is 0 Å². The smallest absolute Gasteiger partial charge is 0.277 e. The van der Waals surface area contributed by atoms with E-state index in [9.17, 15) is 8.42 Å². The van der Waals surface area contributed by atoms with Gasteiger partial charge in [-0.2, -0.15) is 17.9 Å². The fourth-order valence-corrected chi connectivity index (χ4v) is 3.30. The molecule has 1 fully saturated rings. The number of aliphatic hydroxyl groups excluding tert-OH is 1. The third-order valence-corrected chi connectivity index (χ3v) is 4.46. The average Bonchev–Trinajstić information content (AvgIpc) is 3.00. The largest absolute Gasteiger partial charge is 0.384 e. The van der Waals surface area contributed by atoms with Gasteiger partial charge in [0.1, 0.15) is 6.61 Å². The van der Waals surface area contributed by atoms with Crippen LogP contribution in [0.4, 0.5) is 0 Å². The van der Waals surface area contributed by atoms with Crippen LogP contribution in [0, 0.1) is 11.8 Å². The molecule has 7 heteroatoms. The number of rotatable bonds is 5. The molecule has 3 N–H and O–H groups in total. The van der Waals surface area contributed by atoms with Crippen molar-refractivity contribution in [2.75, 3.05) is 6.61 Å². The lowest BCUT2D eigenvalue weighted by Crippen LogP contribution is -2.37. The van der Waals surface area contributed by atoms with Gasteiger partial charge in [-0.15, -0.1) is 11.3 Å². The quantitative estimate of drug-likeness (QED) is 0.676. The second kappa shape index (κ2) is 5.82. The molecule has 0 radical (unpaired) electrons. The normalized spacial score (nSPS) is 15.2. The Morgan fingerprint density at radius 1 is 1.50 bits per heavy atom. The first-order valence-electron chi connectivity index (χ1n) is 5.54. The zero-order valence-electron chi connectivity index (χ0n) is 9.64. The molecule has 0 saturated heterocycles. The summed E-state index contributed by atoms with van der Waals surface area (Å²) in [6, 6.07) is 1.91. The molecule has 98 valence electrons. The minimum Gasteiger partial charge on any atom is -0.384 e. The molecule has 1 aliphatic carbocycles. The van der Waals surface area contributed by atoms with E-state index in [1.807, 2.05) is 11.4 Å². The van der Waals surface area contributed by atoms with Crippen molar-refractivity contribution in [3.63, 3.8) is 0 Å². The van der Waals surface area contributed by atoms with E-state index in [2.05, 4.69) is 21.3 Å². The lowest BCUT2D eigenvalue weighted by Gasteiger charge is -2.06. The van der Waals surface area contributed by atoms with Gasteiger partial charge in [-0.1, -0.05) is 11.8 Å². The third kappa shape index (κ3) is 4.08. The van der Waals surface area contributed by atoms with E-state index in [1.165, 1.54) is 11.3 Å². The Labute approximate surface area is 110 Å². The first-order chi connectivity index (χ1) is 8.61. The molecule has 2 rings (SSSR count). The van der Waals surface area contributed by atoms with E-state index in [0.29, 0.717) is 0 Å². The molecular formula is C11H14N2O3S2. The number of hydrogen-bond acceptors (Lipinski definition) is 4. The van der Waals surface area contributed by atoms with Crippen LogP contribution in [-0.4, -0.2) is 26.2 Å². The third-order valence-electron chi connectivity index (χ3n) is 2.37. The summed E-state index contributed by atoms with van der Waals surface area (Å²) in [6.07, 6.45) is 1.82. The number of nitrogens with one attached hydrogen (secondary N) is 2. The Bertz CT molecular complexity index is 565. The fraction of sp³-hybridized carbons (Fsp3) is 0.455. The minimum absolute atomic E-state index is 0.0967. The van der Waals surface area contributed by atoms with Crippen LogP contribution in [0.25, 0.3) is 0 Å². The van der Waals surface area contributed by atoms with E-state index in [0.717, 1.165) is 23.3 Å². The van der Waals surface area contributed by atoms with E-state index in [1.54, 1.807) is 0 Å². The van der Waals surface area contributed by atoms with Gasteiger partial charge in [-0.3, -0.25) is 0 Å². The highest BCUT2D eigenvalue weighted by atomic mass is 32.2. The zero-order valence-corrected chi connectivity index (χ0v) is 11.3. The van der Waals surface area contributed by atoms with Crippen molar-refractivity contribution < 1.29 is 13.5 Å². The molecule has 0 amide bonds. The molecule has 0 aliphatic heterocycles. The molecule has 5 nitrogen and oxygen atoms in total. The maximum atomic E-state index is 11.6. The van der Waals surface area contributed by atoms with Crippen LogP contribution in [0.3, 0.4) is 0 Å². The van der Waals surface area contributed by atoms with Crippen molar-refractivity contribution in [1.82, 2.24) is 9.44 Å². The maximum Gasteiger partial charge on any atom is 0.277 e. The van der Waals surface area contributed by atoms with Crippen LogP contribution in [0.2, 0.25) is 0 Å². The van der Waals surface area contributed by atoms with Crippen LogP contribution in [0.5, 0.6) is 0 Å². The van der Waals surface area contributed by atoms with Gasteiger partial charge in [-0.25, -0.2) is 0 Å². The van der Waals surface area contributed by atoms with Gasteiger partial charge in [-0.05, 0) is 24.3 Å². The number of aliphatic hydroxyl groups is 1. The Morgan fingerprint density at radius 2 is 2.28 bits per heavy atom. The van der Waals surface area contributed by atoms with Gasteiger partial charge < -0.3 is 5.11 Å². The molecule has 0 spiro atoms. The van der Waals surface area contributed by atoms with Crippen molar-refractivity contribution in [3.8, 4) is 11.8 Å². The SMILES string of the molecule is O=S(=O)(NCc1sccc1C#CCO)NC1CC1. The van der Waals surface area contributed by atoms with Gasteiger partial charge in [0.15, 0.2) is 0 Å². The lowest BCUT2D eigenvalue weighted by molar-refractivity contribution is 0.350. The predicted molar refractivity (Wildman–Crippen MR) is 70.2 cm³/mol. The molecule has 1 aromatic heterocycles. The molecule has 1 saturated carbocycles. The average molecular weight is 286 g/mol. The van der Waals surface area contributed by atoms with Crippen molar-refractivity contribution in [2.45, 2.75) is 25.4 Å². The van der Waals surface area contributed by atoms with E-state index >= 15 is 0 Å². The molecule has 1 aliphatic rings. The Kier molecular flexibility index (Phi) is 4.37. The topological polar surface area (TPSA) is 78.4 Å². The first kappa shape index (κ1) is 13.5. The Balaban J connectivity index is 1.95. The molecule has 0 atom stereocenters. The summed E-state index contributed by atoms with van der Waals surface area (Å²) >= 11 is 1.44. The highest BCUT2D eigenvalue weighted by Crippen LogP contribution is 2.20. The fourth-order valence-electron chi connectivity index (χ4n) is 1.35. The van der Waals surface area contributed by atoms with Crippen molar-refractivity contribution >= 4 is 21.5 Å². The van der Waals surface area contributed by atoms with Crippen molar-refractivity contribution in [3.05, 3.63) is 21.9 Å². The highest BCUT2D eigenvalue weighted by Gasteiger charge is 2.26. The Morgan fingerprint density at radius 3 is 2.94 bits per heavy atom. The minimum atomic E-state index is -3.42. The summed E-state index contributed by atoms with van der Waals surface area (Å²) in [5.41, 5.74) is 0.753.